The van der Waals surface area contributed by atoms with Crippen molar-refractivity contribution in [2.24, 2.45) is 0 Å². The van der Waals surface area contributed by atoms with Gasteiger partial charge in [0.25, 0.3) is 0 Å². The van der Waals surface area contributed by atoms with Crippen LogP contribution in [0.2, 0.25) is 0 Å². The van der Waals surface area contributed by atoms with Crippen molar-refractivity contribution in [1.29, 1.82) is 0 Å². The molecule has 31 heavy (non-hydrogen) atoms. The normalized spacial score (nSPS) is 12.3. The molecule has 0 nitrogen and oxygen atoms in total. The van der Waals surface area contributed by atoms with Gasteiger partial charge in [0.05, 0.1) is 0 Å². The molecule has 0 heterocycles. The standard InChI is InChI=1S/C31H26/c1-23(28-14-8-11-25(19-28)18-24-9-4-2-5-10-24)17-26-15-16-29-21-31(22-30(29)20-26)27-12-6-3-7-13-27/h2-16,19-20,22H,1,17-18,21H2. The lowest BCUT2D eigenvalue weighted by atomic mass is 9.95. The molecule has 0 N–H and O–H groups in total. The molecular formula is C31H26. The molecular weight excluding hydrogens is 372 g/mol. The lowest BCUT2D eigenvalue weighted by Crippen LogP contribution is -1.94. The fraction of sp³-hybridized carbons (Fsp3) is 0.0968. The topological polar surface area (TPSA) is 0 Å². The molecule has 150 valence electrons. The summed E-state index contributed by atoms with van der Waals surface area (Å²) in [6.07, 6.45) is 5.18. The molecule has 4 aromatic rings. The quantitative estimate of drug-likeness (QED) is 0.313. The van der Waals surface area contributed by atoms with E-state index in [2.05, 4.69) is 116 Å². The first-order chi connectivity index (χ1) is 15.2. The molecule has 0 spiro atoms. The van der Waals surface area contributed by atoms with Gasteiger partial charge in [-0.05, 0) is 69.4 Å². The SMILES string of the molecule is C=C(Cc1ccc2c(c1)C=C(c1ccccc1)C2)c1cccc(Cc2ccccc2)c1. The summed E-state index contributed by atoms with van der Waals surface area (Å²) in [6, 6.07) is 37.0. The summed E-state index contributed by atoms with van der Waals surface area (Å²) >= 11 is 0. The molecule has 5 rings (SSSR count). The molecule has 0 fully saturated rings. The summed E-state index contributed by atoms with van der Waals surface area (Å²) in [5, 5.41) is 0. The van der Waals surface area contributed by atoms with Crippen LogP contribution in [0.25, 0.3) is 17.2 Å². The fourth-order valence-corrected chi connectivity index (χ4v) is 4.41. The van der Waals surface area contributed by atoms with Crippen molar-refractivity contribution >= 4 is 17.2 Å². The molecule has 0 atom stereocenters. The third-order valence-electron chi connectivity index (χ3n) is 6.07. The summed E-state index contributed by atoms with van der Waals surface area (Å²) in [4.78, 5) is 0. The Bertz CT molecular complexity index is 1240. The molecule has 0 unspecified atom stereocenters. The first-order valence-corrected chi connectivity index (χ1v) is 10.9. The van der Waals surface area contributed by atoms with Crippen molar-refractivity contribution in [1.82, 2.24) is 0 Å². The van der Waals surface area contributed by atoms with Crippen molar-refractivity contribution in [2.75, 3.05) is 0 Å². The summed E-state index contributed by atoms with van der Waals surface area (Å²) in [6.45, 7) is 4.41. The van der Waals surface area contributed by atoms with Crippen LogP contribution in [0.3, 0.4) is 0 Å². The summed E-state index contributed by atoms with van der Waals surface area (Å²) in [7, 11) is 0. The third-order valence-corrected chi connectivity index (χ3v) is 6.07. The molecule has 1 aliphatic rings. The summed E-state index contributed by atoms with van der Waals surface area (Å²) in [5.41, 5.74) is 11.9. The zero-order chi connectivity index (χ0) is 21.0. The van der Waals surface area contributed by atoms with Gasteiger partial charge in [0, 0.05) is 0 Å². The number of hydrogen-bond acceptors (Lipinski definition) is 0. The van der Waals surface area contributed by atoms with Gasteiger partial charge in [0.2, 0.25) is 0 Å². The smallest absolute Gasteiger partial charge is 0.00137 e. The summed E-state index contributed by atoms with van der Waals surface area (Å²) < 4.78 is 0. The Balaban J connectivity index is 1.32. The van der Waals surface area contributed by atoms with E-state index in [9.17, 15) is 0 Å². The van der Waals surface area contributed by atoms with E-state index in [1.165, 1.54) is 50.1 Å². The van der Waals surface area contributed by atoms with E-state index in [4.69, 9.17) is 0 Å². The minimum absolute atomic E-state index is 0.872. The van der Waals surface area contributed by atoms with E-state index < -0.39 is 0 Å². The first-order valence-electron chi connectivity index (χ1n) is 10.9. The van der Waals surface area contributed by atoms with Gasteiger partial charge in [0.1, 0.15) is 0 Å². The Morgan fingerprint density at radius 1 is 0.677 bits per heavy atom. The highest BCUT2D eigenvalue weighted by molar-refractivity contribution is 5.88. The molecule has 4 aromatic carbocycles. The highest BCUT2D eigenvalue weighted by atomic mass is 14.2. The predicted octanol–water partition coefficient (Wildman–Crippen LogP) is 7.63. The van der Waals surface area contributed by atoms with Gasteiger partial charge < -0.3 is 0 Å². The van der Waals surface area contributed by atoms with Crippen LogP contribution in [0.15, 0.2) is 110 Å². The first kappa shape index (κ1) is 19.3. The highest BCUT2D eigenvalue weighted by Crippen LogP contribution is 2.33. The highest BCUT2D eigenvalue weighted by Gasteiger charge is 2.14. The number of rotatable bonds is 6. The van der Waals surface area contributed by atoms with E-state index in [1.54, 1.807) is 0 Å². The third kappa shape index (κ3) is 4.44. The average molecular weight is 399 g/mol. The van der Waals surface area contributed by atoms with Gasteiger partial charge in [-0.1, -0.05) is 116 Å². The fourth-order valence-electron chi connectivity index (χ4n) is 4.41. The second-order valence-electron chi connectivity index (χ2n) is 8.39. The average Bonchev–Trinajstić information content (AvgIpc) is 3.24. The van der Waals surface area contributed by atoms with E-state index in [0.29, 0.717) is 0 Å². The number of allylic oxidation sites excluding steroid dienone is 2. The second kappa shape index (κ2) is 8.62. The van der Waals surface area contributed by atoms with E-state index in [1.807, 2.05) is 0 Å². The lowest BCUT2D eigenvalue weighted by Gasteiger charge is -2.10. The van der Waals surface area contributed by atoms with Crippen LogP contribution >= 0.6 is 0 Å². The van der Waals surface area contributed by atoms with Gasteiger partial charge in [-0.25, -0.2) is 0 Å². The molecule has 1 aliphatic carbocycles. The van der Waals surface area contributed by atoms with Crippen molar-refractivity contribution < 1.29 is 0 Å². The number of fused-ring (bicyclic) bond motifs is 1. The van der Waals surface area contributed by atoms with Crippen LogP contribution in [-0.4, -0.2) is 0 Å². The molecule has 0 heteroatoms. The Kier molecular flexibility index (Phi) is 5.37. The minimum Gasteiger partial charge on any atom is -0.0949 e. The van der Waals surface area contributed by atoms with E-state index in [0.717, 1.165) is 19.3 Å². The molecule has 0 aliphatic heterocycles. The van der Waals surface area contributed by atoms with Crippen LogP contribution in [0.5, 0.6) is 0 Å². The van der Waals surface area contributed by atoms with Crippen LogP contribution < -0.4 is 0 Å². The van der Waals surface area contributed by atoms with Crippen molar-refractivity contribution in [3.05, 3.63) is 149 Å². The largest absolute Gasteiger partial charge is 0.0949 e. The molecule has 0 saturated heterocycles. The molecule has 0 aromatic heterocycles. The molecule has 0 saturated carbocycles. The van der Waals surface area contributed by atoms with Crippen LogP contribution in [0.1, 0.15) is 38.9 Å². The zero-order valence-corrected chi connectivity index (χ0v) is 17.7. The van der Waals surface area contributed by atoms with E-state index >= 15 is 0 Å². The Hall–Kier alpha value is -3.64. The Morgan fingerprint density at radius 2 is 1.42 bits per heavy atom. The Morgan fingerprint density at radius 3 is 2.23 bits per heavy atom. The Labute approximate surface area is 185 Å². The maximum atomic E-state index is 4.41. The van der Waals surface area contributed by atoms with Crippen LogP contribution in [0.4, 0.5) is 0 Å². The predicted molar refractivity (Wildman–Crippen MR) is 133 cm³/mol. The zero-order valence-electron chi connectivity index (χ0n) is 17.7. The van der Waals surface area contributed by atoms with Crippen molar-refractivity contribution in [2.45, 2.75) is 19.3 Å². The van der Waals surface area contributed by atoms with Crippen molar-refractivity contribution in [3.63, 3.8) is 0 Å². The van der Waals surface area contributed by atoms with Crippen LogP contribution in [-0.2, 0) is 19.3 Å². The van der Waals surface area contributed by atoms with Gasteiger partial charge >= 0.3 is 0 Å². The number of hydrogen-bond donors (Lipinski definition) is 0. The van der Waals surface area contributed by atoms with Gasteiger partial charge in [-0.2, -0.15) is 0 Å². The summed E-state index contributed by atoms with van der Waals surface area (Å²) in [5.74, 6) is 0. The van der Waals surface area contributed by atoms with E-state index in [-0.39, 0.29) is 0 Å². The van der Waals surface area contributed by atoms with Gasteiger partial charge in [0.15, 0.2) is 0 Å². The second-order valence-corrected chi connectivity index (χ2v) is 8.39. The van der Waals surface area contributed by atoms with Gasteiger partial charge in [-0.15, -0.1) is 0 Å². The maximum absolute atomic E-state index is 4.41. The van der Waals surface area contributed by atoms with Crippen molar-refractivity contribution in [3.8, 4) is 0 Å². The molecule has 0 bridgehead atoms. The molecule has 0 amide bonds. The molecule has 0 radical (unpaired) electrons. The van der Waals surface area contributed by atoms with Gasteiger partial charge in [-0.3, -0.25) is 0 Å². The lowest BCUT2D eigenvalue weighted by molar-refractivity contribution is 1.18. The maximum Gasteiger partial charge on any atom is -0.00137 e. The number of benzene rings is 4. The minimum atomic E-state index is 0.872. The van der Waals surface area contributed by atoms with Crippen LogP contribution in [0, 0.1) is 0 Å². The monoisotopic (exact) mass is 398 g/mol.